The van der Waals surface area contributed by atoms with Gasteiger partial charge in [-0.2, -0.15) is 5.10 Å². The molecule has 1 aromatic rings. The molecule has 5 heteroatoms. The molecule has 3 heterocycles. The maximum Gasteiger partial charge on any atom is 0.0733 e. The van der Waals surface area contributed by atoms with Crippen LogP contribution in [0.25, 0.3) is 0 Å². The summed E-state index contributed by atoms with van der Waals surface area (Å²) in [4.78, 5) is 0. The highest BCUT2D eigenvalue weighted by molar-refractivity contribution is 5.05. The van der Waals surface area contributed by atoms with Crippen molar-refractivity contribution >= 4 is 0 Å². The minimum Gasteiger partial charge on any atom is -0.394 e. The fraction of sp³-hybridized carbons (Fsp3) is 0.750. The fourth-order valence-corrected chi connectivity index (χ4v) is 2.82. The molecule has 2 saturated heterocycles. The third-order valence-electron chi connectivity index (χ3n) is 3.69. The fourth-order valence-electron chi connectivity index (χ4n) is 2.82. The van der Waals surface area contributed by atoms with Gasteiger partial charge in [-0.05, 0) is 19.3 Å². The molecule has 5 nitrogen and oxygen atoms in total. The van der Waals surface area contributed by atoms with E-state index in [9.17, 15) is 0 Å². The quantitative estimate of drug-likeness (QED) is 0.772. The first-order valence-electron chi connectivity index (χ1n) is 6.36. The van der Waals surface area contributed by atoms with Gasteiger partial charge in [0.15, 0.2) is 0 Å². The Morgan fingerprint density at radius 1 is 1.53 bits per heavy atom. The van der Waals surface area contributed by atoms with Gasteiger partial charge in [-0.3, -0.25) is 4.68 Å². The zero-order valence-corrected chi connectivity index (χ0v) is 9.88. The number of ether oxygens (including phenoxy) is 1. The molecular formula is C12H19N3O2. The molecule has 3 unspecified atom stereocenters. The van der Waals surface area contributed by atoms with Gasteiger partial charge in [-0.1, -0.05) is 0 Å². The molecule has 2 aliphatic heterocycles. The molecule has 0 aromatic carbocycles. The van der Waals surface area contributed by atoms with Crippen LogP contribution >= 0.6 is 0 Å². The highest BCUT2D eigenvalue weighted by atomic mass is 16.5. The topological polar surface area (TPSA) is 59.3 Å². The molecule has 17 heavy (non-hydrogen) atoms. The summed E-state index contributed by atoms with van der Waals surface area (Å²) in [5, 5.41) is 16.5. The van der Waals surface area contributed by atoms with E-state index in [-0.39, 0.29) is 6.61 Å². The van der Waals surface area contributed by atoms with Crippen molar-refractivity contribution < 1.29 is 9.84 Å². The summed E-state index contributed by atoms with van der Waals surface area (Å²) in [6.45, 7) is 1.54. The van der Waals surface area contributed by atoms with Crippen molar-refractivity contribution in [3.63, 3.8) is 0 Å². The van der Waals surface area contributed by atoms with Gasteiger partial charge in [0.25, 0.3) is 0 Å². The molecule has 94 valence electrons. The second kappa shape index (κ2) is 4.76. The number of aromatic nitrogens is 2. The summed E-state index contributed by atoms with van der Waals surface area (Å²) in [6.07, 6.45) is 8.34. The first-order valence-corrected chi connectivity index (χ1v) is 6.36. The van der Waals surface area contributed by atoms with E-state index in [1.54, 1.807) is 4.68 Å². The lowest BCUT2D eigenvalue weighted by Gasteiger charge is -2.19. The van der Waals surface area contributed by atoms with E-state index >= 15 is 0 Å². The van der Waals surface area contributed by atoms with Gasteiger partial charge in [-0.25, -0.2) is 0 Å². The van der Waals surface area contributed by atoms with Gasteiger partial charge in [0.2, 0.25) is 0 Å². The van der Waals surface area contributed by atoms with E-state index in [0.717, 1.165) is 13.0 Å². The van der Waals surface area contributed by atoms with Gasteiger partial charge in [0, 0.05) is 24.3 Å². The molecule has 2 bridgehead atoms. The van der Waals surface area contributed by atoms with Gasteiger partial charge in [0.1, 0.15) is 0 Å². The van der Waals surface area contributed by atoms with Gasteiger partial charge < -0.3 is 15.2 Å². The highest BCUT2D eigenvalue weighted by Gasteiger charge is 2.40. The van der Waals surface area contributed by atoms with E-state index in [2.05, 4.69) is 10.4 Å². The predicted octanol–water partition coefficient (Wildman–Crippen LogP) is 0.285. The van der Waals surface area contributed by atoms with Crippen LogP contribution in [-0.2, 0) is 17.8 Å². The number of nitrogens with one attached hydrogen (secondary N) is 1. The number of aliphatic hydroxyl groups is 1. The molecule has 2 aliphatic rings. The zero-order valence-electron chi connectivity index (χ0n) is 9.88. The SMILES string of the molecule is OCCn1cc(CNC2CC3CCC2O3)cn1. The van der Waals surface area contributed by atoms with Gasteiger partial charge >= 0.3 is 0 Å². The van der Waals surface area contributed by atoms with Crippen molar-refractivity contribution in [2.75, 3.05) is 6.61 Å². The van der Waals surface area contributed by atoms with Crippen molar-refractivity contribution in [1.82, 2.24) is 15.1 Å². The average molecular weight is 237 g/mol. The second-order valence-electron chi connectivity index (χ2n) is 4.93. The zero-order chi connectivity index (χ0) is 11.7. The Morgan fingerprint density at radius 3 is 3.18 bits per heavy atom. The van der Waals surface area contributed by atoms with Crippen molar-refractivity contribution in [2.45, 2.75) is 50.6 Å². The Labute approximate surface area is 101 Å². The first-order chi connectivity index (χ1) is 8.35. The molecule has 0 radical (unpaired) electrons. The van der Waals surface area contributed by atoms with E-state index in [0.29, 0.717) is 24.8 Å². The summed E-state index contributed by atoms with van der Waals surface area (Å²) < 4.78 is 7.57. The molecule has 0 aliphatic carbocycles. The number of fused-ring (bicyclic) bond motifs is 2. The lowest BCUT2D eigenvalue weighted by Crippen LogP contribution is -2.36. The summed E-state index contributed by atoms with van der Waals surface area (Å²) in [7, 11) is 0. The summed E-state index contributed by atoms with van der Waals surface area (Å²) in [6, 6.07) is 0.509. The van der Waals surface area contributed by atoms with Crippen LogP contribution in [0.5, 0.6) is 0 Å². The number of rotatable bonds is 5. The van der Waals surface area contributed by atoms with Crippen LogP contribution < -0.4 is 5.32 Å². The van der Waals surface area contributed by atoms with Crippen molar-refractivity contribution in [2.24, 2.45) is 0 Å². The summed E-state index contributed by atoms with van der Waals surface area (Å²) in [5.41, 5.74) is 1.17. The lowest BCUT2D eigenvalue weighted by atomic mass is 9.95. The van der Waals surface area contributed by atoms with E-state index < -0.39 is 0 Å². The van der Waals surface area contributed by atoms with Crippen molar-refractivity contribution in [3.05, 3.63) is 18.0 Å². The van der Waals surface area contributed by atoms with Crippen LogP contribution in [0.15, 0.2) is 12.4 Å². The van der Waals surface area contributed by atoms with Crippen LogP contribution in [0.2, 0.25) is 0 Å². The van der Waals surface area contributed by atoms with E-state index in [4.69, 9.17) is 9.84 Å². The number of aliphatic hydroxyl groups excluding tert-OH is 1. The van der Waals surface area contributed by atoms with Gasteiger partial charge in [0.05, 0.1) is 31.6 Å². The second-order valence-corrected chi connectivity index (χ2v) is 4.93. The maximum atomic E-state index is 8.81. The Kier molecular flexibility index (Phi) is 3.13. The molecule has 1 aromatic heterocycles. The summed E-state index contributed by atoms with van der Waals surface area (Å²) >= 11 is 0. The molecule has 0 saturated carbocycles. The Hall–Kier alpha value is -0.910. The molecule has 3 rings (SSSR count). The van der Waals surface area contributed by atoms with Crippen molar-refractivity contribution in [3.8, 4) is 0 Å². The highest BCUT2D eigenvalue weighted by Crippen LogP contribution is 2.34. The van der Waals surface area contributed by atoms with E-state index in [1.807, 2.05) is 12.4 Å². The molecule has 2 fully saturated rings. The molecule has 0 spiro atoms. The minimum atomic E-state index is 0.134. The monoisotopic (exact) mass is 237 g/mol. The smallest absolute Gasteiger partial charge is 0.0733 e. The minimum absolute atomic E-state index is 0.134. The Bertz CT molecular complexity index is 380. The number of nitrogens with zero attached hydrogens (tertiary/aromatic N) is 2. The van der Waals surface area contributed by atoms with Crippen LogP contribution in [-0.4, -0.2) is 39.7 Å². The molecule has 2 N–H and O–H groups in total. The van der Waals surface area contributed by atoms with Crippen molar-refractivity contribution in [1.29, 1.82) is 0 Å². The summed E-state index contributed by atoms with van der Waals surface area (Å²) in [5.74, 6) is 0. The molecule has 3 atom stereocenters. The predicted molar refractivity (Wildman–Crippen MR) is 62.5 cm³/mol. The van der Waals surface area contributed by atoms with Crippen LogP contribution in [0.4, 0.5) is 0 Å². The molecule has 0 amide bonds. The van der Waals surface area contributed by atoms with Crippen LogP contribution in [0.1, 0.15) is 24.8 Å². The average Bonchev–Trinajstić information content (AvgIpc) is 3.02. The Morgan fingerprint density at radius 2 is 2.47 bits per heavy atom. The first kappa shape index (κ1) is 11.2. The normalized spacial score (nSPS) is 31.2. The number of hydrogen-bond donors (Lipinski definition) is 2. The van der Waals surface area contributed by atoms with Crippen LogP contribution in [0, 0.1) is 0 Å². The molecular weight excluding hydrogens is 218 g/mol. The third-order valence-corrected chi connectivity index (χ3v) is 3.69. The lowest BCUT2D eigenvalue weighted by molar-refractivity contribution is 0.0973. The van der Waals surface area contributed by atoms with E-state index in [1.165, 1.54) is 18.4 Å². The number of hydrogen-bond acceptors (Lipinski definition) is 4. The standard InChI is InChI=1S/C12H19N3O2/c16-4-3-15-8-9(7-14-15)6-13-11-5-10-1-2-12(11)17-10/h7-8,10-13,16H,1-6H2. The largest absolute Gasteiger partial charge is 0.394 e. The maximum absolute atomic E-state index is 8.81. The van der Waals surface area contributed by atoms with Gasteiger partial charge in [-0.15, -0.1) is 0 Å². The van der Waals surface area contributed by atoms with Crippen LogP contribution in [0.3, 0.4) is 0 Å². The Balaban J connectivity index is 1.50. The third kappa shape index (κ3) is 2.36.